The number of sulfonamides is 1. The molecule has 0 aliphatic carbocycles. The van der Waals surface area contributed by atoms with Crippen LogP contribution in [0.15, 0.2) is 45.8 Å². The van der Waals surface area contributed by atoms with Crippen molar-refractivity contribution in [1.29, 1.82) is 0 Å². The smallest absolute Gasteiger partial charge is 0.281 e. The molecule has 1 aromatic carbocycles. The van der Waals surface area contributed by atoms with Crippen LogP contribution >= 0.6 is 0 Å². The van der Waals surface area contributed by atoms with Crippen LogP contribution in [0.3, 0.4) is 0 Å². The van der Waals surface area contributed by atoms with Crippen LogP contribution in [-0.2, 0) is 20.2 Å². The van der Waals surface area contributed by atoms with Crippen LogP contribution in [0.2, 0.25) is 0 Å². The molecule has 0 unspecified atom stereocenters. The predicted octanol–water partition coefficient (Wildman–Crippen LogP) is 0.500. The van der Waals surface area contributed by atoms with Gasteiger partial charge in [0, 0.05) is 11.5 Å². The molecule has 1 fully saturated rings. The van der Waals surface area contributed by atoms with E-state index in [-0.39, 0.29) is 17.9 Å². The first-order valence-electron chi connectivity index (χ1n) is 9.32. The number of quaternary nitrogens is 1. The number of nitrogens with one attached hydrogen (secondary N) is 2. The summed E-state index contributed by atoms with van der Waals surface area (Å²) in [7, 11) is -3.48. The van der Waals surface area contributed by atoms with E-state index in [0.717, 1.165) is 10.6 Å². The van der Waals surface area contributed by atoms with Gasteiger partial charge in [0.05, 0.1) is 36.8 Å². The van der Waals surface area contributed by atoms with Crippen molar-refractivity contribution in [1.82, 2.24) is 9.46 Å². The topological polar surface area (TPSA) is 97.0 Å². The molecule has 0 bridgehead atoms. The Morgan fingerprint density at radius 2 is 1.86 bits per heavy atom. The van der Waals surface area contributed by atoms with Gasteiger partial charge in [-0.25, -0.2) is 8.42 Å². The second-order valence-electron chi connectivity index (χ2n) is 8.02. The van der Waals surface area contributed by atoms with Crippen molar-refractivity contribution in [3.8, 4) is 0 Å². The second-order valence-corrected chi connectivity index (χ2v) is 9.96. The average Bonchev–Trinajstić information content (AvgIpc) is 3.11. The van der Waals surface area contributed by atoms with E-state index in [0.29, 0.717) is 37.0 Å². The summed E-state index contributed by atoms with van der Waals surface area (Å²) in [6.45, 7) is 8.22. The fourth-order valence-electron chi connectivity index (χ4n) is 3.06. The van der Waals surface area contributed by atoms with Gasteiger partial charge in [-0.1, -0.05) is 44.1 Å². The zero-order valence-electron chi connectivity index (χ0n) is 16.4. The maximum Gasteiger partial charge on any atom is 0.281 e. The largest absolute Gasteiger partial charge is 0.338 e. The summed E-state index contributed by atoms with van der Waals surface area (Å²) >= 11 is 0. The molecule has 1 aliphatic rings. The van der Waals surface area contributed by atoms with E-state index < -0.39 is 10.0 Å². The minimum Gasteiger partial charge on any atom is -0.338 e. The fourth-order valence-corrected chi connectivity index (χ4v) is 4.52. The quantitative estimate of drug-likeness (QED) is 0.752. The number of anilines is 1. The standard InChI is InChI=1S/C19H26N4O4S/c1-19(2,3)16-13-18(27-21-16)20-17(24)14-22-9-11-23(12-10-22)28(25,26)15-7-5-4-6-8-15/h4-8,13H,9-12,14H2,1-3H3,(H,20,24)/p+1. The number of nitrogens with zero attached hydrogens (tertiary/aromatic N) is 2. The summed E-state index contributed by atoms with van der Waals surface area (Å²) in [6.07, 6.45) is 0. The van der Waals surface area contributed by atoms with E-state index in [4.69, 9.17) is 4.52 Å². The third-order valence-corrected chi connectivity index (χ3v) is 6.68. The van der Waals surface area contributed by atoms with Gasteiger partial charge < -0.3 is 9.42 Å². The van der Waals surface area contributed by atoms with Crippen LogP contribution in [0, 0.1) is 0 Å². The van der Waals surface area contributed by atoms with Crippen LogP contribution in [-0.4, -0.2) is 56.5 Å². The third-order valence-electron chi connectivity index (χ3n) is 4.76. The summed E-state index contributed by atoms with van der Waals surface area (Å²) in [5, 5.41) is 6.71. The normalized spacial score (nSPS) is 16.8. The Labute approximate surface area is 165 Å². The number of hydrogen-bond acceptors (Lipinski definition) is 5. The molecule has 2 aromatic rings. The zero-order valence-corrected chi connectivity index (χ0v) is 17.3. The van der Waals surface area contributed by atoms with E-state index in [1.165, 1.54) is 4.31 Å². The van der Waals surface area contributed by atoms with E-state index in [1.807, 2.05) is 20.8 Å². The van der Waals surface area contributed by atoms with Crippen LogP contribution in [0.5, 0.6) is 0 Å². The van der Waals surface area contributed by atoms with Gasteiger partial charge in [-0.15, -0.1) is 0 Å². The number of piperazine rings is 1. The van der Waals surface area contributed by atoms with E-state index in [1.54, 1.807) is 36.4 Å². The molecule has 0 atom stereocenters. The van der Waals surface area contributed by atoms with Gasteiger partial charge in [-0.05, 0) is 12.1 Å². The Kier molecular flexibility index (Phi) is 5.87. The second kappa shape index (κ2) is 8.02. The summed E-state index contributed by atoms with van der Waals surface area (Å²) in [5.74, 6) is 0.158. The van der Waals surface area contributed by atoms with Gasteiger partial charge in [0.1, 0.15) is 0 Å². The molecule has 0 spiro atoms. The molecule has 2 N–H and O–H groups in total. The van der Waals surface area contributed by atoms with Gasteiger partial charge in [0.15, 0.2) is 6.54 Å². The molecular weight excluding hydrogens is 380 g/mol. The summed E-state index contributed by atoms with van der Waals surface area (Å²) < 4.78 is 32.0. The van der Waals surface area contributed by atoms with E-state index in [9.17, 15) is 13.2 Å². The third kappa shape index (κ3) is 4.78. The predicted molar refractivity (Wildman–Crippen MR) is 105 cm³/mol. The highest BCUT2D eigenvalue weighted by molar-refractivity contribution is 7.89. The molecule has 0 radical (unpaired) electrons. The van der Waals surface area contributed by atoms with Gasteiger partial charge >= 0.3 is 0 Å². The van der Waals surface area contributed by atoms with E-state index >= 15 is 0 Å². The molecule has 8 nitrogen and oxygen atoms in total. The molecule has 1 aliphatic heterocycles. The summed E-state index contributed by atoms with van der Waals surface area (Å²) in [6, 6.07) is 10.2. The minimum absolute atomic E-state index is 0.154. The first-order chi connectivity index (χ1) is 13.2. The van der Waals surface area contributed by atoms with Crippen molar-refractivity contribution in [3.63, 3.8) is 0 Å². The van der Waals surface area contributed by atoms with Gasteiger partial charge in [-0.2, -0.15) is 4.31 Å². The molecule has 28 heavy (non-hydrogen) atoms. The van der Waals surface area contributed by atoms with Gasteiger partial charge in [0.2, 0.25) is 15.9 Å². The van der Waals surface area contributed by atoms with Crippen molar-refractivity contribution >= 4 is 21.8 Å². The molecule has 152 valence electrons. The highest BCUT2D eigenvalue weighted by atomic mass is 32.2. The summed E-state index contributed by atoms with van der Waals surface area (Å²) in [5.41, 5.74) is 0.619. The van der Waals surface area contributed by atoms with Gasteiger partial charge in [0.25, 0.3) is 5.91 Å². The number of amides is 1. The Bertz CT molecular complexity index is 911. The number of hydrogen-bond donors (Lipinski definition) is 2. The highest BCUT2D eigenvalue weighted by Crippen LogP contribution is 2.23. The molecule has 3 rings (SSSR count). The lowest BCUT2D eigenvalue weighted by Gasteiger charge is -2.31. The van der Waals surface area contributed by atoms with Crippen molar-refractivity contribution in [2.75, 3.05) is 38.0 Å². The van der Waals surface area contributed by atoms with Crippen molar-refractivity contribution in [3.05, 3.63) is 42.1 Å². The first kappa shape index (κ1) is 20.5. The van der Waals surface area contributed by atoms with Crippen molar-refractivity contribution in [2.24, 2.45) is 0 Å². The van der Waals surface area contributed by atoms with Crippen LogP contribution in [0.25, 0.3) is 0 Å². The lowest BCUT2D eigenvalue weighted by molar-refractivity contribution is -0.895. The van der Waals surface area contributed by atoms with Crippen molar-refractivity contribution < 1.29 is 22.6 Å². The molecule has 1 saturated heterocycles. The molecule has 9 heteroatoms. The highest BCUT2D eigenvalue weighted by Gasteiger charge is 2.31. The molecular formula is C19H27N4O4S+. The molecule has 0 saturated carbocycles. The SMILES string of the molecule is CC(C)(C)c1cc(NC(=O)C[NH+]2CCN(S(=O)(=O)c3ccccc3)CC2)on1. The van der Waals surface area contributed by atoms with Crippen molar-refractivity contribution in [2.45, 2.75) is 31.1 Å². The zero-order chi connectivity index (χ0) is 20.4. The Balaban J connectivity index is 1.51. The molecule has 1 amide bonds. The Hall–Kier alpha value is -2.23. The monoisotopic (exact) mass is 407 g/mol. The first-order valence-corrected chi connectivity index (χ1v) is 10.8. The average molecular weight is 408 g/mol. The number of rotatable bonds is 5. The number of benzene rings is 1. The molecule has 2 heterocycles. The fraction of sp³-hybridized carbons (Fsp3) is 0.474. The Morgan fingerprint density at radius 3 is 2.43 bits per heavy atom. The van der Waals surface area contributed by atoms with Gasteiger partial charge in [-0.3, -0.25) is 10.1 Å². The number of aromatic nitrogens is 1. The maximum atomic E-state index is 12.7. The number of carbonyl (C=O) groups excluding carboxylic acids is 1. The minimum atomic E-state index is -3.48. The Morgan fingerprint density at radius 1 is 1.21 bits per heavy atom. The lowest BCUT2D eigenvalue weighted by Crippen LogP contribution is -3.15. The van der Waals surface area contributed by atoms with Crippen LogP contribution in [0.1, 0.15) is 26.5 Å². The van der Waals surface area contributed by atoms with Crippen LogP contribution < -0.4 is 10.2 Å². The number of carbonyl (C=O) groups is 1. The van der Waals surface area contributed by atoms with Crippen LogP contribution in [0.4, 0.5) is 5.88 Å². The lowest BCUT2D eigenvalue weighted by atomic mass is 9.92. The van der Waals surface area contributed by atoms with E-state index in [2.05, 4.69) is 10.5 Å². The maximum absolute atomic E-state index is 12.7. The summed E-state index contributed by atoms with van der Waals surface area (Å²) in [4.78, 5) is 13.6. The molecule has 1 aromatic heterocycles.